The Kier molecular flexibility index (Phi) is 3.40. The van der Waals surface area contributed by atoms with E-state index in [1.165, 1.54) is 0 Å². The highest BCUT2D eigenvalue weighted by atomic mass is 79.9. The standard InChI is InChI=1S/C16H12BrNO2/c17-16(9-4-1-5-10-16)11-8-14-18-15(19)12-6-2-3-7-13(12)20-14/h1-9,11H,10H2. The van der Waals surface area contributed by atoms with Gasteiger partial charge in [0.25, 0.3) is 5.56 Å². The van der Waals surface area contributed by atoms with Gasteiger partial charge < -0.3 is 4.42 Å². The average Bonchev–Trinajstić information content (AvgIpc) is 2.46. The number of halogens is 1. The van der Waals surface area contributed by atoms with Crippen molar-refractivity contribution in [3.63, 3.8) is 0 Å². The van der Waals surface area contributed by atoms with E-state index in [4.69, 9.17) is 4.42 Å². The van der Waals surface area contributed by atoms with Gasteiger partial charge in [0.15, 0.2) is 0 Å². The van der Waals surface area contributed by atoms with Gasteiger partial charge in [-0.3, -0.25) is 4.79 Å². The number of allylic oxidation sites excluding steroid dienone is 5. The fraction of sp³-hybridized carbons (Fsp3) is 0.125. The third kappa shape index (κ3) is 2.65. The van der Waals surface area contributed by atoms with E-state index in [1.54, 1.807) is 24.3 Å². The Balaban J connectivity index is 1.97. The lowest BCUT2D eigenvalue weighted by Gasteiger charge is -2.19. The number of para-hydroxylation sites is 1. The highest BCUT2D eigenvalue weighted by molar-refractivity contribution is 9.10. The van der Waals surface area contributed by atoms with Crippen molar-refractivity contribution in [2.75, 3.05) is 0 Å². The molecule has 0 saturated carbocycles. The SMILES string of the molecule is O=c1nc(C=CC2(Br)C=CC=CC2)oc2ccccc12. The summed E-state index contributed by atoms with van der Waals surface area (Å²) in [5, 5.41) is 0.499. The Morgan fingerprint density at radius 2 is 2.15 bits per heavy atom. The van der Waals surface area contributed by atoms with Crippen LogP contribution in [0.4, 0.5) is 0 Å². The normalized spacial score (nSPS) is 21.9. The molecular formula is C16H12BrNO2. The van der Waals surface area contributed by atoms with E-state index in [1.807, 2.05) is 30.4 Å². The van der Waals surface area contributed by atoms with Crippen LogP contribution in [0.15, 0.2) is 63.9 Å². The molecule has 1 aliphatic carbocycles. The number of benzene rings is 1. The zero-order valence-electron chi connectivity index (χ0n) is 10.6. The quantitative estimate of drug-likeness (QED) is 0.786. The minimum absolute atomic E-state index is 0.242. The smallest absolute Gasteiger partial charge is 0.284 e. The van der Waals surface area contributed by atoms with E-state index in [9.17, 15) is 4.79 Å². The van der Waals surface area contributed by atoms with Crippen molar-refractivity contribution in [3.8, 4) is 0 Å². The van der Waals surface area contributed by atoms with Crippen LogP contribution in [-0.2, 0) is 0 Å². The molecule has 3 rings (SSSR count). The summed E-state index contributed by atoms with van der Waals surface area (Å²) in [4.78, 5) is 15.8. The molecule has 1 unspecified atom stereocenters. The summed E-state index contributed by atoms with van der Waals surface area (Å²) in [7, 11) is 0. The molecule has 4 heteroatoms. The number of nitrogens with zero attached hydrogens (tertiary/aromatic N) is 1. The summed E-state index contributed by atoms with van der Waals surface area (Å²) in [5.41, 5.74) is 0.282. The van der Waals surface area contributed by atoms with Gasteiger partial charge in [0, 0.05) is 0 Å². The van der Waals surface area contributed by atoms with Crippen LogP contribution in [0.3, 0.4) is 0 Å². The van der Waals surface area contributed by atoms with Crippen LogP contribution in [0, 0.1) is 0 Å². The number of hydrogen-bond acceptors (Lipinski definition) is 3. The van der Waals surface area contributed by atoms with Gasteiger partial charge in [0.05, 0.1) is 9.71 Å². The monoisotopic (exact) mass is 329 g/mol. The lowest BCUT2D eigenvalue weighted by atomic mass is 10.0. The second kappa shape index (κ2) is 5.21. The largest absolute Gasteiger partial charge is 0.438 e. The Morgan fingerprint density at radius 1 is 1.30 bits per heavy atom. The minimum Gasteiger partial charge on any atom is -0.438 e. The van der Waals surface area contributed by atoms with Crippen LogP contribution in [0.1, 0.15) is 12.3 Å². The van der Waals surface area contributed by atoms with Crippen LogP contribution < -0.4 is 5.56 Å². The number of fused-ring (bicyclic) bond motifs is 1. The third-order valence-corrected chi connectivity index (χ3v) is 3.95. The number of hydrogen-bond donors (Lipinski definition) is 0. The lowest BCUT2D eigenvalue weighted by Crippen LogP contribution is -2.14. The summed E-state index contributed by atoms with van der Waals surface area (Å²) < 4.78 is 5.38. The van der Waals surface area contributed by atoms with E-state index in [2.05, 4.69) is 27.0 Å². The van der Waals surface area contributed by atoms with Gasteiger partial charge in [-0.25, -0.2) is 0 Å². The Hall–Kier alpha value is -1.94. The molecular weight excluding hydrogens is 318 g/mol. The van der Waals surface area contributed by atoms with E-state index >= 15 is 0 Å². The van der Waals surface area contributed by atoms with Crippen molar-refractivity contribution in [2.24, 2.45) is 0 Å². The Labute approximate surface area is 124 Å². The maximum Gasteiger partial charge on any atom is 0.284 e. The number of aromatic nitrogens is 1. The maximum atomic E-state index is 11.9. The van der Waals surface area contributed by atoms with Crippen LogP contribution in [0.5, 0.6) is 0 Å². The summed E-state index contributed by atoms with van der Waals surface area (Å²) >= 11 is 3.65. The number of rotatable bonds is 2. The van der Waals surface area contributed by atoms with Gasteiger partial charge in [-0.15, -0.1) is 0 Å². The molecule has 0 saturated heterocycles. The molecule has 0 bridgehead atoms. The molecule has 1 aliphatic rings. The minimum atomic E-state index is -0.269. The average molecular weight is 330 g/mol. The van der Waals surface area contributed by atoms with E-state index in [0.29, 0.717) is 16.9 Å². The van der Waals surface area contributed by atoms with Gasteiger partial charge >= 0.3 is 0 Å². The highest BCUT2D eigenvalue weighted by Crippen LogP contribution is 2.30. The molecule has 3 nitrogen and oxygen atoms in total. The number of alkyl halides is 1. The molecule has 20 heavy (non-hydrogen) atoms. The topological polar surface area (TPSA) is 43.1 Å². The first kappa shape index (κ1) is 13.1. The molecule has 0 radical (unpaired) electrons. The van der Waals surface area contributed by atoms with Crippen molar-refractivity contribution in [1.82, 2.24) is 4.98 Å². The van der Waals surface area contributed by atoms with Crippen LogP contribution in [0.2, 0.25) is 0 Å². The second-order valence-corrected chi connectivity index (χ2v) is 6.08. The summed E-state index contributed by atoms with van der Waals surface area (Å²) in [6.45, 7) is 0. The third-order valence-electron chi connectivity index (χ3n) is 3.10. The lowest BCUT2D eigenvalue weighted by molar-refractivity contribution is 0.562. The van der Waals surface area contributed by atoms with Crippen molar-refractivity contribution < 1.29 is 4.42 Å². The molecule has 2 aromatic rings. The predicted molar refractivity (Wildman–Crippen MR) is 83.9 cm³/mol. The molecule has 100 valence electrons. The van der Waals surface area contributed by atoms with Crippen molar-refractivity contribution in [3.05, 3.63) is 70.9 Å². The molecule has 0 aliphatic heterocycles. The van der Waals surface area contributed by atoms with Gasteiger partial charge in [-0.1, -0.05) is 58.4 Å². The molecule has 1 aromatic heterocycles. The van der Waals surface area contributed by atoms with E-state index in [0.717, 1.165) is 6.42 Å². The van der Waals surface area contributed by atoms with Crippen molar-refractivity contribution >= 4 is 33.0 Å². The van der Waals surface area contributed by atoms with Crippen LogP contribution in [-0.4, -0.2) is 9.31 Å². The summed E-state index contributed by atoms with van der Waals surface area (Å²) in [6.07, 6.45) is 12.6. The zero-order chi connectivity index (χ0) is 14.0. The first-order chi connectivity index (χ1) is 9.66. The summed E-state index contributed by atoms with van der Waals surface area (Å²) in [5.74, 6) is 0.315. The fourth-order valence-corrected chi connectivity index (χ4v) is 2.52. The van der Waals surface area contributed by atoms with Crippen molar-refractivity contribution in [2.45, 2.75) is 10.7 Å². The Bertz CT molecular complexity index is 788. The first-order valence-corrected chi connectivity index (χ1v) is 7.08. The van der Waals surface area contributed by atoms with Crippen LogP contribution >= 0.6 is 15.9 Å². The molecule has 1 heterocycles. The highest BCUT2D eigenvalue weighted by Gasteiger charge is 2.19. The fourth-order valence-electron chi connectivity index (χ4n) is 2.04. The molecule has 0 fully saturated rings. The first-order valence-electron chi connectivity index (χ1n) is 6.29. The van der Waals surface area contributed by atoms with E-state index < -0.39 is 0 Å². The Morgan fingerprint density at radius 3 is 2.95 bits per heavy atom. The van der Waals surface area contributed by atoms with Crippen molar-refractivity contribution in [1.29, 1.82) is 0 Å². The van der Waals surface area contributed by atoms with Gasteiger partial charge in [0.2, 0.25) is 5.89 Å². The van der Waals surface area contributed by atoms with Crippen LogP contribution in [0.25, 0.3) is 17.0 Å². The zero-order valence-corrected chi connectivity index (χ0v) is 12.2. The summed E-state index contributed by atoms with van der Waals surface area (Å²) in [6, 6.07) is 7.10. The van der Waals surface area contributed by atoms with Gasteiger partial charge in [0.1, 0.15) is 5.58 Å². The van der Waals surface area contributed by atoms with Gasteiger partial charge in [-0.05, 0) is 24.6 Å². The molecule has 1 aromatic carbocycles. The molecule has 0 spiro atoms. The predicted octanol–water partition coefficient (Wildman–Crippen LogP) is 3.85. The van der Waals surface area contributed by atoms with Gasteiger partial charge in [-0.2, -0.15) is 4.98 Å². The molecule has 0 amide bonds. The molecule has 0 N–H and O–H groups in total. The molecule has 1 atom stereocenters. The maximum absolute atomic E-state index is 11.9. The van der Waals surface area contributed by atoms with E-state index in [-0.39, 0.29) is 9.88 Å². The second-order valence-electron chi connectivity index (χ2n) is 4.60.